The van der Waals surface area contributed by atoms with Crippen LogP contribution in [0.2, 0.25) is 0 Å². The zero-order valence-corrected chi connectivity index (χ0v) is 15.1. The summed E-state index contributed by atoms with van der Waals surface area (Å²) in [6.45, 7) is 1.77. The van der Waals surface area contributed by atoms with Crippen LogP contribution >= 0.6 is 0 Å². The molecule has 1 amide bonds. The van der Waals surface area contributed by atoms with Crippen LogP contribution in [-0.2, 0) is 4.79 Å². The average Bonchev–Trinajstić information content (AvgIpc) is 2.69. The van der Waals surface area contributed by atoms with Crippen LogP contribution < -0.4 is 15.5 Å². The van der Waals surface area contributed by atoms with Gasteiger partial charge in [0.2, 0.25) is 0 Å². The second kappa shape index (κ2) is 8.23. The van der Waals surface area contributed by atoms with Gasteiger partial charge in [-0.2, -0.15) is 5.10 Å². The molecule has 0 saturated carbocycles. The SMILES string of the molecule is COc1cc(/C=N/NC(=O)[C@H](C)Nc2ccc3ccccc3c2)ccc1O. The van der Waals surface area contributed by atoms with E-state index in [2.05, 4.69) is 15.8 Å². The molecule has 0 heterocycles. The molecule has 138 valence electrons. The molecule has 6 heteroatoms. The molecule has 3 aromatic carbocycles. The highest BCUT2D eigenvalue weighted by Gasteiger charge is 2.12. The van der Waals surface area contributed by atoms with Crippen LogP contribution in [-0.4, -0.2) is 30.4 Å². The van der Waals surface area contributed by atoms with Gasteiger partial charge in [-0.05, 0) is 53.6 Å². The van der Waals surface area contributed by atoms with Gasteiger partial charge in [-0.1, -0.05) is 30.3 Å². The molecule has 0 aliphatic rings. The number of carbonyl (C=O) groups is 1. The fraction of sp³-hybridized carbons (Fsp3) is 0.143. The smallest absolute Gasteiger partial charge is 0.262 e. The van der Waals surface area contributed by atoms with E-state index in [-0.39, 0.29) is 11.7 Å². The number of fused-ring (bicyclic) bond motifs is 1. The third-order valence-electron chi connectivity index (χ3n) is 4.12. The Kier molecular flexibility index (Phi) is 5.56. The summed E-state index contributed by atoms with van der Waals surface area (Å²) in [5, 5.41) is 19.0. The highest BCUT2D eigenvalue weighted by molar-refractivity contribution is 5.89. The summed E-state index contributed by atoms with van der Waals surface area (Å²) < 4.78 is 5.04. The molecular formula is C21H21N3O3. The predicted octanol–water partition coefficient (Wildman–Crippen LogP) is 3.50. The van der Waals surface area contributed by atoms with Crippen molar-refractivity contribution in [1.82, 2.24) is 5.43 Å². The molecule has 3 aromatic rings. The second-order valence-electron chi connectivity index (χ2n) is 6.09. The van der Waals surface area contributed by atoms with Crippen molar-refractivity contribution in [2.24, 2.45) is 5.10 Å². The van der Waals surface area contributed by atoms with Crippen molar-refractivity contribution < 1.29 is 14.6 Å². The average molecular weight is 363 g/mol. The lowest BCUT2D eigenvalue weighted by molar-refractivity contribution is -0.121. The molecule has 0 aromatic heterocycles. The predicted molar refractivity (Wildman–Crippen MR) is 107 cm³/mol. The number of hydrogen-bond acceptors (Lipinski definition) is 5. The summed E-state index contributed by atoms with van der Waals surface area (Å²) >= 11 is 0. The number of nitrogens with one attached hydrogen (secondary N) is 2. The number of anilines is 1. The number of rotatable bonds is 6. The summed E-state index contributed by atoms with van der Waals surface area (Å²) in [5.41, 5.74) is 4.06. The van der Waals surface area contributed by atoms with E-state index >= 15 is 0 Å². The normalized spacial score (nSPS) is 12.1. The standard InChI is InChI=1S/C21H21N3O3/c1-14(23-18-9-8-16-5-3-4-6-17(16)12-18)21(26)24-22-13-15-7-10-19(25)20(11-15)27-2/h3-14,23,25H,1-2H3,(H,24,26)/b22-13+/t14-/m0/s1. The van der Waals surface area contributed by atoms with Crippen LogP contribution in [0.3, 0.4) is 0 Å². The van der Waals surface area contributed by atoms with E-state index in [1.165, 1.54) is 19.4 Å². The Balaban J connectivity index is 1.59. The highest BCUT2D eigenvalue weighted by atomic mass is 16.5. The van der Waals surface area contributed by atoms with Gasteiger partial charge in [0, 0.05) is 5.69 Å². The summed E-state index contributed by atoms with van der Waals surface area (Å²) in [7, 11) is 1.47. The van der Waals surface area contributed by atoms with E-state index in [1.54, 1.807) is 19.1 Å². The first-order chi connectivity index (χ1) is 13.1. The van der Waals surface area contributed by atoms with Gasteiger partial charge in [0.25, 0.3) is 5.91 Å². The number of carbonyl (C=O) groups excluding carboxylic acids is 1. The van der Waals surface area contributed by atoms with Crippen LogP contribution in [0.4, 0.5) is 5.69 Å². The van der Waals surface area contributed by atoms with Crippen molar-refractivity contribution in [3.05, 3.63) is 66.2 Å². The quantitative estimate of drug-likeness (QED) is 0.462. The molecule has 0 fully saturated rings. The maximum Gasteiger partial charge on any atom is 0.262 e. The molecule has 0 saturated heterocycles. The number of hydrogen-bond donors (Lipinski definition) is 3. The minimum absolute atomic E-state index is 0.0480. The topological polar surface area (TPSA) is 83.0 Å². The van der Waals surface area contributed by atoms with Crippen LogP contribution in [0.5, 0.6) is 11.5 Å². The molecule has 0 spiro atoms. The Morgan fingerprint density at radius 3 is 2.67 bits per heavy atom. The number of ether oxygens (including phenoxy) is 1. The molecule has 1 atom stereocenters. The zero-order chi connectivity index (χ0) is 19.2. The lowest BCUT2D eigenvalue weighted by atomic mass is 10.1. The third kappa shape index (κ3) is 4.55. The Bertz CT molecular complexity index is 985. The first kappa shape index (κ1) is 18.3. The van der Waals surface area contributed by atoms with E-state index in [0.717, 1.165) is 16.5 Å². The van der Waals surface area contributed by atoms with E-state index in [1.807, 2.05) is 42.5 Å². The van der Waals surface area contributed by atoms with Crippen molar-refractivity contribution in [1.29, 1.82) is 0 Å². The number of phenolic OH excluding ortho intramolecular Hbond substituents is 1. The van der Waals surface area contributed by atoms with Gasteiger partial charge in [0.05, 0.1) is 13.3 Å². The number of methoxy groups -OCH3 is 1. The van der Waals surface area contributed by atoms with Crippen molar-refractivity contribution in [3.8, 4) is 11.5 Å². The Hall–Kier alpha value is -3.54. The van der Waals surface area contributed by atoms with Gasteiger partial charge in [-0.3, -0.25) is 4.79 Å². The summed E-state index contributed by atoms with van der Waals surface area (Å²) in [4.78, 5) is 12.2. The van der Waals surface area contributed by atoms with Crippen LogP contribution in [0.1, 0.15) is 12.5 Å². The van der Waals surface area contributed by atoms with Gasteiger partial charge in [0.1, 0.15) is 6.04 Å². The Morgan fingerprint density at radius 1 is 1.11 bits per heavy atom. The molecule has 3 rings (SSSR count). The number of phenols is 1. The number of benzene rings is 3. The number of amides is 1. The number of nitrogens with zero attached hydrogens (tertiary/aromatic N) is 1. The van der Waals surface area contributed by atoms with Crippen molar-refractivity contribution in [2.45, 2.75) is 13.0 Å². The number of aromatic hydroxyl groups is 1. The van der Waals surface area contributed by atoms with Gasteiger partial charge >= 0.3 is 0 Å². The first-order valence-corrected chi connectivity index (χ1v) is 8.52. The van der Waals surface area contributed by atoms with Gasteiger partial charge in [0.15, 0.2) is 11.5 Å². The molecule has 27 heavy (non-hydrogen) atoms. The van der Waals surface area contributed by atoms with Crippen molar-refractivity contribution in [2.75, 3.05) is 12.4 Å². The Morgan fingerprint density at radius 2 is 1.89 bits per heavy atom. The number of hydrazone groups is 1. The monoisotopic (exact) mass is 363 g/mol. The van der Waals surface area contributed by atoms with Crippen molar-refractivity contribution in [3.63, 3.8) is 0 Å². The van der Waals surface area contributed by atoms with Gasteiger partial charge in [-0.25, -0.2) is 5.43 Å². The third-order valence-corrected chi connectivity index (χ3v) is 4.12. The minimum Gasteiger partial charge on any atom is -0.504 e. The van der Waals surface area contributed by atoms with E-state index in [0.29, 0.717) is 11.3 Å². The molecule has 0 bridgehead atoms. The summed E-state index contributed by atoms with van der Waals surface area (Å²) in [6.07, 6.45) is 1.49. The van der Waals surface area contributed by atoms with Crippen LogP contribution in [0, 0.1) is 0 Å². The zero-order valence-electron chi connectivity index (χ0n) is 15.1. The fourth-order valence-electron chi connectivity index (χ4n) is 2.64. The molecular weight excluding hydrogens is 342 g/mol. The molecule has 0 aliphatic carbocycles. The van der Waals surface area contributed by atoms with E-state index < -0.39 is 6.04 Å². The minimum atomic E-state index is -0.460. The molecule has 6 nitrogen and oxygen atoms in total. The maximum absolute atomic E-state index is 12.2. The van der Waals surface area contributed by atoms with E-state index in [4.69, 9.17) is 4.74 Å². The molecule has 0 radical (unpaired) electrons. The van der Waals surface area contributed by atoms with Gasteiger partial charge in [-0.15, -0.1) is 0 Å². The summed E-state index contributed by atoms with van der Waals surface area (Å²) in [6, 6.07) is 18.4. The van der Waals surface area contributed by atoms with Gasteiger partial charge < -0.3 is 15.2 Å². The summed E-state index contributed by atoms with van der Waals surface area (Å²) in [5.74, 6) is 0.133. The first-order valence-electron chi connectivity index (χ1n) is 8.52. The van der Waals surface area contributed by atoms with Crippen LogP contribution in [0.15, 0.2) is 65.8 Å². The largest absolute Gasteiger partial charge is 0.504 e. The molecule has 3 N–H and O–H groups in total. The lowest BCUT2D eigenvalue weighted by Crippen LogP contribution is -2.34. The highest BCUT2D eigenvalue weighted by Crippen LogP contribution is 2.25. The lowest BCUT2D eigenvalue weighted by Gasteiger charge is -2.14. The second-order valence-corrected chi connectivity index (χ2v) is 6.09. The van der Waals surface area contributed by atoms with Crippen LogP contribution in [0.25, 0.3) is 10.8 Å². The fourth-order valence-corrected chi connectivity index (χ4v) is 2.64. The van der Waals surface area contributed by atoms with E-state index in [9.17, 15) is 9.90 Å². The Labute approximate surface area is 157 Å². The maximum atomic E-state index is 12.2. The molecule has 0 unspecified atom stereocenters. The van der Waals surface area contributed by atoms with Crippen molar-refractivity contribution >= 4 is 28.6 Å². The molecule has 0 aliphatic heterocycles.